The molecule has 1 atom stereocenters. The monoisotopic (exact) mass is 369 g/mol. The molecular formula is C17H24ClN3O4. The van der Waals surface area contributed by atoms with Gasteiger partial charge < -0.3 is 19.7 Å². The molecule has 7 nitrogen and oxygen atoms in total. The lowest BCUT2D eigenvalue weighted by molar-refractivity contribution is 0.0498. The molecule has 138 valence electrons. The maximum atomic E-state index is 12.0. The minimum Gasteiger partial charge on any atom is -0.465 e. The van der Waals surface area contributed by atoms with Crippen LogP contribution in [0.5, 0.6) is 0 Å². The predicted molar refractivity (Wildman–Crippen MR) is 95.2 cm³/mol. The zero-order valence-corrected chi connectivity index (χ0v) is 15.7. The van der Waals surface area contributed by atoms with E-state index in [1.807, 2.05) is 25.7 Å². The van der Waals surface area contributed by atoms with Gasteiger partial charge in [0.05, 0.1) is 12.8 Å². The minimum atomic E-state index is -0.547. The number of methoxy groups -OCH3 is 1. The van der Waals surface area contributed by atoms with Crippen molar-refractivity contribution in [3.8, 4) is 0 Å². The highest BCUT2D eigenvalue weighted by atomic mass is 35.5. The summed E-state index contributed by atoms with van der Waals surface area (Å²) in [4.78, 5) is 29.9. The zero-order valence-electron chi connectivity index (χ0n) is 15.0. The Bertz CT molecular complexity index is 645. The van der Waals surface area contributed by atoms with E-state index in [0.29, 0.717) is 22.9 Å². The first-order valence-corrected chi connectivity index (χ1v) is 8.55. The highest BCUT2D eigenvalue weighted by Gasteiger charge is 2.27. The summed E-state index contributed by atoms with van der Waals surface area (Å²) < 4.78 is 10.1. The van der Waals surface area contributed by atoms with Gasteiger partial charge in [0.25, 0.3) is 0 Å². The molecule has 0 saturated carbocycles. The molecule has 0 spiro atoms. The minimum absolute atomic E-state index is 0.0824. The Morgan fingerprint density at radius 1 is 1.40 bits per heavy atom. The van der Waals surface area contributed by atoms with Crippen molar-refractivity contribution < 1.29 is 19.1 Å². The van der Waals surface area contributed by atoms with Crippen LogP contribution in [0.4, 0.5) is 10.5 Å². The number of hydrogen-bond acceptors (Lipinski definition) is 6. The number of aromatic nitrogens is 1. The molecule has 1 amide bonds. The van der Waals surface area contributed by atoms with Crippen molar-refractivity contribution in [3.63, 3.8) is 0 Å². The summed E-state index contributed by atoms with van der Waals surface area (Å²) in [6, 6.07) is 1.56. The molecule has 25 heavy (non-hydrogen) atoms. The Morgan fingerprint density at radius 3 is 2.76 bits per heavy atom. The number of carbonyl (C=O) groups excluding carboxylic acids is 2. The van der Waals surface area contributed by atoms with Crippen LogP contribution in [-0.2, 0) is 9.47 Å². The number of hydrogen-bond donors (Lipinski definition) is 1. The summed E-state index contributed by atoms with van der Waals surface area (Å²) in [7, 11) is 1.32. The van der Waals surface area contributed by atoms with Gasteiger partial charge in [0.2, 0.25) is 0 Å². The van der Waals surface area contributed by atoms with Gasteiger partial charge in [0.1, 0.15) is 16.3 Å². The molecule has 0 aromatic carbocycles. The van der Waals surface area contributed by atoms with E-state index in [2.05, 4.69) is 10.3 Å². The first-order valence-electron chi connectivity index (χ1n) is 8.18. The fourth-order valence-corrected chi connectivity index (χ4v) is 2.89. The summed E-state index contributed by atoms with van der Waals surface area (Å²) in [6.45, 7) is 6.75. The lowest BCUT2D eigenvalue weighted by Gasteiger charge is -2.35. The van der Waals surface area contributed by atoms with Crippen molar-refractivity contribution >= 4 is 29.4 Å². The van der Waals surface area contributed by atoms with Gasteiger partial charge in [-0.15, -0.1) is 0 Å². The van der Waals surface area contributed by atoms with Crippen molar-refractivity contribution in [1.29, 1.82) is 0 Å². The normalized spacial score (nSPS) is 17.8. The standard InChI is InChI=1S/C17H24ClN3O4/c1-17(2,3)25-16(23)20-11-6-5-7-21(10-11)13-8-14(18)19-9-12(13)15(22)24-4/h8-9,11H,5-7,10H2,1-4H3,(H,20,23)/t11-/m0/s1. The van der Waals surface area contributed by atoms with E-state index in [1.54, 1.807) is 6.07 Å². The second-order valence-electron chi connectivity index (χ2n) is 6.95. The van der Waals surface area contributed by atoms with E-state index < -0.39 is 17.7 Å². The van der Waals surface area contributed by atoms with Crippen LogP contribution in [0.1, 0.15) is 44.0 Å². The molecule has 8 heteroatoms. The average molecular weight is 370 g/mol. The molecule has 1 aromatic rings. The van der Waals surface area contributed by atoms with Gasteiger partial charge in [-0.05, 0) is 39.7 Å². The van der Waals surface area contributed by atoms with Gasteiger partial charge in [0.15, 0.2) is 0 Å². The number of rotatable bonds is 3. The Hall–Kier alpha value is -2.02. The number of esters is 1. The number of carbonyl (C=O) groups is 2. The van der Waals surface area contributed by atoms with E-state index >= 15 is 0 Å². The third-order valence-corrected chi connectivity index (χ3v) is 3.94. The lowest BCUT2D eigenvalue weighted by atomic mass is 10.0. The Labute approximate surface area is 152 Å². The van der Waals surface area contributed by atoms with Crippen molar-refractivity contribution in [2.45, 2.75) is 45.3 Å². The Balaban J connectivity index is 2.12. The van der Waals surface area contributed by atoms with Crippen LogP contribution in [0.25, 0.3) is 0 Å². The number of nitrogens with zero attached hydrogens (tertiary/aromatic N) is 2. The molecule has 1 aromatic heterocycles. The predicted octanol–water partition coefficient (Wildman–Crippen LogP) is 3.02. The maximum absolute atomic E-state index is 12.0. The fourth-order valence-electron chi connectivity index (χ4n) is 2.74. The molecule has 0 aliphatic carbocycles. The second kappa shape index (κ2) is 7.91. The maximum Gasteiger partial charge on any atom is 0.407 e. The van der Waals surface area contributed by atoms with Crippen molar-refractivity contribution in [2.75, 3.05) is 25.1 Å². The second-order valence-corrected chi connectivity index (χ2v) is 7.33. The van der Waals surface area contributed by atoms with Crippen LogP contribution in [-0.4, -0.2) is 48.9 Å². The Kier molecular flexibility index (Phi) is 6.11. The number of anilines is 1. The lowest BCUT2D eigenvalue weighted by Crippen LogP contribution is -2.49. The summed E-state index contributed by atoms with van der Waals surface area (Å²) in [6.07, 6.45) is 2.66. The quantitative estimate of drug-likeness (QED) is 0.651. The molecule has 1 fully saturated rings. The summed E-state index contributed by atoms with van der Waals surface area (Å²) in [5.74, 6) is -0.471. The highest BCUT2D eigenvalue weighted by Crippen LogP contribution is 2.27. The third-order valence-electron chi connectivity index (χ3n) is 3.74. The molecule has 1 aliphatic heterocycles. The largest absolute Gasteiger partial charge is 0.465 e. The molecule has 0 bridgehead atoms. The number of nitrogens with one attached hydrogen (secondary N) is 1. The zero-order chi connectivity index (χ0) is 18.6. The summed E-state index contributed by atoms with van der Waals surface area (Å²) in [5.41, 5.74) is 0.460. The Morgan fingerprint density at radius 2 is 2.12 bits per heavy atom. The number of amides is 1. The van der Waals surface area contributed by atoms with Gasteiger partial charge >= 0.3 is 12.1 Å². The number of ether oxygens (including phenoxy) is 2. The van der Waals surface area contributed by atoms with E-state index in [9.17, 15) is 9.59 Å². The van der Waals surface area contributed by atoms with Gasteiger partial charge in [-0.2, -0.15) is 0 Å². The SMILES string of the molecule is COC(=O)c1cnc(Cl)cc1N1CCC[C@H](NC(=O)OC(C)(C)C)C1. The molecule has 2 rings (SSSR count). The van der Waals surface area contributed by atoms with Crippen LogP contribution < -0.4 is 10.2 Å². The molecule has 1 N–H and O–H groups in total. The van der Waals surface area contributed by atoms with Crippen LogP contribution in [0.2, 0.25) is 5.15 Å². The van der Waals surface area contributed by atoms with Crippen molar-refractivity contribution in [2.24, 2.45) is 0 Å². The van der Waals surface area contributed by atoms with Gasteiger partial charge in [-0.25, -0.2) is 14.6 Å². The van der Waals surface area contributed by atoms with Gasteiger partial charge in [0, 0.05) is 25.3 Å². The van der Waals surface area contributed by atoms with Crippen molar-refractivity contribution in [3.05, 3.63) is 23.0 Å². The van der Waals surface area contributed by atoms with Crippen LogP contribution in [0, 0.1) is 0 Å². The summed E-state index contributed by atoms with van der Waals surface area (Å²) >= 11 is 6.00. The number of pyridine rings is 1. The number of alkyl carbamates (subject to hydrolysis) is 1. The first kappa shape index (κ1) is 19.3. The van der Waals surface area contributed by atoms with Crippen LogP contribution in [0.15, 0.2) is 12.3 Å². The van der Waals surface area contributed by atoms with E-state index in [0.717, 1.165) is 19.4 Å². The first-order chi connectivity index (χ1) is 11.7. The van der Waals surface area contributed by atoms with E-state index in [1.165, 1.54) is 13.3 Å². The fraction of sp³-hybridized carbons (Fsp3) is 0.588. The van der Waals surface area contributed by atoms with Crippen molar-refractivity contribution in [1.82, 2.24) is 10.3 Å². The molecule has 0 unspecified atom stereocenters. The molecule has 2 heterocycles. The van der Waals surface area contributed by atoms with Crippen LogP contribution >= 0.6 is 11.6 Å². The highest BCUT2D eigenvalue weighted by molar-refractivity contribution is 6.29. The molecule has 1 saturated heterocycles. The number of halogens is 1. The molecular weight excluding hydrogens is 346 g/mol. The van der Waals surface area contributed by atoms with Gasteiger partial charge in [-0.1, -0.05) is 11.6 Å². The molecule has 1 aliphatic rings. The third kappa shape index (κ3) is 5.49. The summed E-state index contributed by atoms with van der Waals surface area (Å²) in [5, 5.41) is 3.18. The average Bonchev–Trinajstić information content (AvgIpc) is 2.52. The number of piperidine rings is 1. The van der Waals surface area contributed by atoms with Crippen LogP contribution in [0.3, 0.4) is 0 Å². The van der Waals surface area contributed by atoms with E-state index in [4.69, 9.17) is 21.1 Å². The molecule has 0 radical (unpaired) electrons. The smallest absolute Gasteiger partial charge is 0.407 e. The van der Waals surface area contributed by atoms with E-state index in [-0.39, 0.29) is 6.04 Å². The topological polar surface area (TPSA) is 80.8 Å². The van der Waals surface area contributed by atoms with Gasteiger partial charge in [-0.3, -0.25) is 0 Å².